The fourth-order valence-electron chi connectivity index (χ4n) is 2.59. The number of piperidine rings is 1. The third-order valence-electron chi connectivity index (χ3n) is 3.89. The zero-order valence-electron chi connectivity index (χ0n) is 12.0. The lowest BCUT2D eigenvalue weighted by molar-refractivity contribution is -0.141. The average molecular weight is 272 g/mol. The van der Waals surface area contributed by atoms with Gasteiger partial charge in [0.1, 0.15) is 0 Å². The van der Waals surface area contributed by atoms with Gasteiger partial charge in [0.25, 0.3) is 0 Å². The number of amides is 2. The van der Waals surface area contributed by atoms with Crippen molar-refractivity contribution in [1.82, 2.24) is 10.2 Å². The van der Waals surface area contributed by atoms with Crippen molar-refractivity contribution in [3.05, 3.63) is 0 Å². The van der Waals surface area contributed by atoms with Gasteiger partial charge in [-0.3, -0.25) is 0 Å². The molecule has 1 saturated heterocycles. The van der Waals surface area contributed by atoms with E-state index in [-0.39, 0.29) is 6.04 Å². The molecule has 0 aromatic carbocycles. The monoisotopic (exact) mass is 272 g/mol. The van der Waals surface area contributed by atoms with E-state index in [9.17, 15) is 14.7 Å². The Bertz CT molecular complexity index is 346. The molecule has 110 valence electrons. The van der Waals surface area contributed by atoms with Crippen molar-refractivity contribution in [1.29, 1.82) is 0 Å². The zero-order valence-corrected chi connectivity index (χ0v) is 12.0. The highest BCUT2D eigenvalue weighted by molar-refractivity contribution is 5.83. The number of aliphatic hydroxyl groups is 1. The van der Waals surface area contributed by atoms with Crippen LogP contribution in [0.3, 0.4) is 0 Å². The van der Waals surface area contributed by atoms with Gasteiger partial charge in [-0.15, -0.1) is 0 Å². The molecule has 0 aliphatic carbocycles. The normalized spacial score (nSPS) is 30.6. The van der Waals surface area contributed by atoms with Gasteiger partial charge in [0.15, 0.2) is 6.04 Å². The molecule has 1 aliphatic heterocycles. The van der Waals surface area contributed by atoms with E-state index in [0.29, 0.717) is 18.4 Å². The van der Waals surface area contributed by atoms with E-state index in [1.54, 1.807) is 4.90 Å². The van der Waals surface area contributed by atoms with Gasteiger partial charge >= 0.3 is 12.0 Å². The summed E-state index contributed by atoms with van der Waals surface area (Å²) in [6.07, 6.45) is -0.0691. The number of nitrogens with zero attached hydrogens (tertiary/aromatic N) is 1. The van der Waals surface area contributed by atoms with Gasteiger partial charge in [0.05, 0.1) is 6.10 Å². The molecule has 0 saturated carbocycles. The van der Waals surface area contributed by atoms with Crippen molar-refractivity contribution >= 4 is 12.0 Å². The van der Waals surface area contributed by atoms with Crippen molar-refractivity contribution in [2.24, 2.45) is 11.8 Å². The minimum Gasteiger partial charge on any atom is -0.480 e. The Kier molecular flexibility index (Phi) is 5.17. The zero-order chi connectivity index (χ0) is 14.7. The lowest BCUT2D eigenvalue weighted by Crippen LogP contribution is -2.57. The Morgan fingerprint density at radius 3 is 2.37 bits per heavy atom. The number of carboxylic acids is 1. The van der Waals surface area contributed by atoms with Crippen LogP contribution >= 0.6 is 0 Å². The quantitative estimate of drug-likeness (QED) is 0.712. The molecule has 19 heavy (non-hydrogen) atoms. The second kappa shape index (κ2) is 6.23. The summed E-state index contributed by atoms with van der Waals surface area (Å²) in [6, 6.07) is -1.62. The van der Waals surface area contributed by atoms with E-state index in [1.165, 1.54) is 6.92 Å². The van der Waals surface area contributed by atoms with Gasteiger partial charge in [-0.05, 0) is 32.1 Å². The van der Waals surface area contributed by atoms with Crippen LogP contribution in [0.2, 0.25) is 0 Å². The molecule has 1 fully saturated rings. The minimum atomic E-state index is -1.27. The van der Waals surface area contributed by atoms with Gasteiger partial charge in [-0.25, -0.2) is 9.59 Å². The van der Waals surface area contributed by atoms with Crippen molar-refractivity contribution < 1.29 is 19.8 Å². The van der Waals surface area contributed by atoms with E-state index in [4.69, 9.17) is 5.11 Å². The molecule has 0 aromatic rings. The van der Waals surface area contributed by atoms with Crippen molar-refractivity contribution in [2.75, 3.05) is 6.54 Å². The summed E-state index contributed by atoms with van der Waals surface area (Å²) in [4.78, 5) is 24.8. The highest BCUT2D eigenvalue weighted by Crippen LogP contribution is 2.26. The van der Waals surface area contributed by atoms with Gasteiger partial charge in [-0.1, -0.05) is 13.8 Å². The van der Waals surface area contributed by atoms with Gasteiger partial charge < -0.3 is 20.4 Å². The molecular formula is C13H24N2O4. The van der Waals surface area contributed by atoms with Crippen molar-refractivity contribution in [3.8, 4) is 0 Å². The molecule has 1 rings (SSSR count). The van der Waals surface area contributed by atoms with Crippen LogP contribution in [0, 0.1) is 11.8 Å². The largest absolute Gasteiger partial charge is 0.480 e. The summed E-state index contributed by atoms with van der Waals surface area (Å²) in [5.74, 6) is -0.454. The smallest absolute Gasteiger partial charge is 0.328 e. The number of aliphatic carboxylic acids is 1. The minimum absolute atomic E-state index is 0.0691. The van der Waals surface area contributed by atoms with Crippen LogP contribution < -0.4 is 5.32 Å². The lowest BCUT2D eigenvalue weighted by Gasteiger charge is -2.41. The Morgan fingerprint density at radius 2 is 1.89 bits per heavy atom. The summed E-state index contributed by atoms with van der Waals surface area (Å²) in [6.45, 7) is 8.09. The first-order chi connectivity index (χ1) is 8.73. The van der Waals surface area contributed by atoms with E-state index in [1.807, 2.05) is 6.92 Å². The number of carbonyl (C=O) groups is 2. The summed E-state index contributed by atoms with van der Waals surface area (Å²) >= 11 is 0. The van der Waals surface area contributed by atoms with E-state index < -0.39 is 24.1 Å². The highest BCUT2D eigenvalue weighted by atomic mass is 16.4. The molecule has 6 heteroatoms. The molecule has 3 N–H and O–H groups in total. The van der Waals surface area contributed by atoms with Crippen LogP contribution in [0.15, 0.2) is 0 Å². The second-order valence-electron chi connectivity index (χ2n) is 5.72. The summed E-state index contributed by atoms with van der Waals surface area (Å²) in [5, 5.41) is 20.7. The van der Waals surface area contributed by atoms with Crippen LogP contribution in [0.5, 0.6) is 0 Å². The predicted molar refractivity (Wildman–Crippen MR) is 70.7 cm³/mol. The highest BCUT2D eigenvalue weighted by Gasteiger charge is 2.34. The standard InChI is InChI=1S/C13H24N2O4/c1-7-5-8(2)9(3)15(6-7)13(19)14-11(10(4)16)12(17)18/h7-11,16H,5-6H2,1-4H3,(H,14,19)(H,17,18). The first-order valence-electron chi connectivity index (χ1n) is 6.72. The maximum absolute atomic E-state index is 12.2. The third kappa shape index (κ3) is 3.83. The molecular weight excluding hydrogens is 248 g/mol. The van der Waals surface area contributed by atoms with Crippen molar-refractivity contribution in [2.45, 2.75) is 52.3 Å². The van der Waals surface area contributed by atoms with Crippen LogP contribution in [-0.4, -0.2) is 51.8 Å². The lowest BCUT2D eigenvalue weighted by atomic mass is 9.86. The van der Waals surface area contributed by atoms with E-state index in [0.717, 1.165) is 6.42 Å². The molecule has 1 heterocycles. The number of hydrogen-bond donors (Lipinski definition) is 3. The third-order valence-corrected chi connectivity index (χ3v) is 3.89. The number of hydrogen-bond acceptors (Lipinski definition) is 3. The number of carboxylic acid groups (broad SMARTS) is 1. The Balaban J connectivity index is 2.73. The maximum Gasteiger partial charge on any atom is 0.328 e. The first-order valence-corrected chi connectivity index (χ1v) is 6.72. The topological polar surface area (TPSA) is 89.9 Å². The van der Waals surface area contributed by atoms with Crippen molar-refractivity contribution in [3.63, 3.8) is 0 Å². The maximum atomic E-state index is 12.2. The Labute approximate surface area is 113 Å². The SMILES string of the molecule is CC1CC(C)C(C)N(C(=O)NC(C(=O)O)C(C)O)C1. The average Bonchev–Trinajstić information content (AvgIpc) is 2.29. The molecule has 0 radical (unpaired) electrons. The molecule has 0 spiro atoms. The number of nitrogens with one attached hydrogen (secondary N) is 1. The molecule has 6 nitrogen and oxygen atoms in total. The summed E-state index contributed by atoms with van der Waals surface area (Å²) in [5.41, 5.74) is 0. The molecule has 1 aliphatic rings. The van der Waals surface area contributed by atoms with E-state index in [2.05, 4.69) is 19.2 Å². The van der Waals surface area contributed by atoms with Crippen LogP contribution in [-0.2, 0) is 4.79 Å². The number of carbonyl (C=O) groups excluding carboxylic acids is 1. The Morgan fingerprint density at radius 1 is 1.32 bits per heavy atom. The first kappa shape index (κ1) is 15.8. The fraction of sp³-hybridized carbons (Fsp3) is 0.846. The van der Waals surface area contributed by atoms with Crippen LogP contribution in [0.25, 0.3) is 0 Å². The molecule has 0 bridgehead atoms. The van der Waals surface area contributed by atoms with Gasteiger partial charge in [0.2, 0.25) is 0 Å². The number of urea groups is 1. The predicted octanol–water partition coefficient (Wildman–Crippen LogP) is 0.896. The molecule has 0 aromatic heterocycles. The Hall–Kier alpha value is -1.30. The van der Waals surface area contributed by atoms with Gasteiger partial charge in [0, 0.05) is 12.6 Å². The molecule has 5 unspecified atom stereocenters. The number of likely N-dealkylation sites (tertiary alicyclic amines) is 1. The number of aliphatic hydroxyl groups excluding tert-OH is 1. The summed E-state index contributed by atoms with van der Waals surface area (Å²) < 4.78 is 0. The number of rotatable bonds is 3. The molecule has 2 amide bonds. The van der Waals surface area contributed by atoms with Gasteiger partial charge in [-0.2, -0.15) is 0 Å². The van der Waals surface area contributed by atoms with Crippen LogP contribution in [0.4, 0.5) is 4.79 Å². The second-order valence-corrected chi connectivity index (χ2v) is 5.72. The summed E-state index contributed by atoms with van der Waals surface area (Å²) in [7, 11) is 0. The van der Waals surface area contributed by atoms with Crippen LogP contribution in [0.1, 0.15) is 34.1 Å². The molecule has 5 atom stereocenters. The fourth-order valence-corrected chi connectivity index (χ4v) is 2.59. The van der Waals surface area contributed by atoms with E-state index >= 15 is 0 Å².